The Balaban J connectivity index is 2.34. The minimum Gasteiger partial charge on any atom is -0.492 e. The zero-order chi connectivity index (χ0) is 14.4. The molecular weight excluding hydrogens is 270 g/mol. The largest absolute Gasteiger partial charge is 0.492 e. The van der Waals surface area contributed by atoms with Crippen molar-refractivity contribution in [3.05, 3.63) is 64.7 Å². The van der Waals surface area contributed by atoms with Crippen molar-refractivity contribution in [1.29, 1.82) is 5.26 Å². The number of halogens is 1. The van der Waals surface area contributed by atoms with Gasteiger partial charge in [-0.05, 0) is 36.3 Å². The molecule has 0 N–H and O–H groups in total. The summed E-state index contributed by atoms with van der Waals surface area (Å²) in [4.78, 5) is 0. The Kier molecular flexibility index (Phi) is 4.81. The average Bonchev–Trinajstić information content (AvgIpc) is 2.48. The lowest BCUT2D eigenvalue weighted by Gasteiger charge is -2.06. The second-order valence-corrected chi connectivity index (χ2v) is 4.57. The fraction of sp³-hybridized carbons (Fsp3) is 0.118. The van der Waals surface area contributed by atoms with Gasteiger partial charge < -0.3 is 4.74 Å². The summed E-state index contributed by atoms with van der Waals surface area (Å²) < 4.78 is 5.39. The first-order valence-corrected chi connectivity index (χ1v) is 6.72. The minimum absolute atomic E-state index is 0.547. The SMILES string of the molecule is CCOc1ccc(/C=C(\C#N)c2ccccc2)cc1Cl. The number of nitriles is 1. The third-order valence-electron chi connectivity index (χ3n) is 2.77. The van der Waals surface area contributed by atoms with Crippen LogP contribution < -0.4 is 4.74 Å². The molecule has 20 heavy (non-hydrogen) atoms. The van der Waals surface area contributed by atoms with Gasteiger partial charge in [0.1, 0.15) is 5.75 Å². The van der Waals surface area contributed by atoms with Crippen LogP contribution in [-0.2, 0) is 0 Å². The van der Waals surface area contributed by atoms with Gasteiger partial charge in [-0.3, -0.25) is 0 Å². The molecule has 0 spiro atoms. The summed E-state index contributed by atoms with van der Waals surface area (Å²) >= 11 is 6.14. The van der Waals surface area contributed by atoms with Gasteiger partial charge in [-0.1, -0.05) is 48.0 Å². The fourth-order valence-corrected chi connectivity index (χ4v) is 2.09. The standard InChI is InChI=1S/C17H14ClNO/c1-2-20-17-9-8-13(11-16(17)18)10-15(12-19)14-6-4-3-5-7-14/h3-11H,2H2,1H3/b15-10+. The maximum atomic E-state index is 9.27. The Hall–Kier alpha value is -2.24. The van der Waals surface area contributed by atoms with Crippen molar-refractivity contribution in [2.45, 2.75) is 6.92 Å². The first-order valence-electron chi connectivity index (χ1n) is 6.34. The minimum atomic E-state index is 0.547. The summed E-state index contributed by atoms with van der Waals surface area (Å²) in [6.45, 7) is 2.48. The summed E-state index contributed by atoms with van der Waals surface area (Å²) in [5.41, 5.74) is 2.37. The molecule has 0 unspecified atom stereocenters. The Morgan fingerprint density at radius 3 is 2.60 bits per heavy atom. The Labute approximate surface area is 123 Å². The first kappa shape index (κ1) is 14.2. The predicted molar refractivity (Wildman–Crippen MR) is 82.5 cm³/mol. The molecule has 0 saturated heterocycles. The third-order valence-corrected chi connectivity index (χ3v) is 3.07. The molecular formula is C17H14ClNO. The smallest absolute Gasteiger partial charge is 0.137 e. The lowest BCUT2D eigenvalue weighted by Crippen LogP contribution is -1.92. The van der Waals surface area contributed by atoms with E-state index in [1.807, 2.05) is 55.5 Å². The van der Waals surface area contributed by atoms with Crippen molar-refractivity contribution in [2.24, 2.45) is 0 Å². The molecule has 2 aromatic carbocycles. The molecule has 2 rings (SSSR count). The van der Waals surface area contributed by atoms with E-state index in [1.165, 1.54) is 0 Å². The first-order chi connectivity index (χ1) is 9.74. The predicted octanol–water partition coefficient (Wildman–Crippen LogP) is 4.80. The van der Waals surface area contributed by atoms with Crippen LogP contribution in [0.15, 0.2) is 48.5 Å². The van der Waals surface area contributed by atoms with Crippen molar-refractivity contribution in [2.75, 3.05) is 6.61 Å². The number of benzene rings is 2. The van der Waals surface area contributed by atoms with Crippen molar-refractivity contribution in [3.63, 3.8) is 0 Å². The van der Waals surface area contributed by atoms with E-state index in [0.29, 0.717) is 23.0 Å². The summed E-state index contributed by atoms with van der Waals surface area (Å²) in [6, 6.07) is 17.3. The maximum Gasteiger partial charge on any atom is 0.137 e. The topological polar surface area (TPSA) is 33.0 Å². The Morgan fingerprint density at radius 2 is 2.00 bits per heavy atom. The Morgan fingerprint density at radius 1 is 1.25 bits per heavy atom. The molecule has 0 heterocycles. The number of rotatable bonds is 4. The van der Waals surface area contributed by atoms with Crippen LogP contribution in [0.2, 0.25) is 5.02 Å². The van der Waals surface area contributed by atoms with Gasteiger partial charge in [0.15, 0.2) is 0 Å². The zero-order valence-corrected chi connectivity index (χ0v) is 11.9. The molecule has 2 nitrogen and oxygen atoms in total. The summed E-state index contributed by atoms with van der Waals surface area (Å²) in [5, 5.41) is 9.82. The summed E-state index contributed by atoms with van der Waals surface area (Å²) in [7, 11) is 0. The van der Waals surface area contributed by atoms with Crippen LogP contribution in [0.4, 0.5) is 0 Å². The molecule has 0 fully saturated rings. The maximum absolute atomic E-state index is 9.27. The number of allylic oxidation sites excluding steroid dienone is 1. The fourth-order valence-electron chi connectivity index (χ4n) is 1.84. The van der Waals surface area contributed by atoms with Crippen LogP contribution in [-0.4, -0.2) is 6.61 Å². The van der Waals surface area contributed by atoms with E-state index in [2.05, 4.69) is 6.07 Å². The highest BCUT2D eigenvalue weighted by Gasteiger charge is 2.04. The second kappa shape index (κ2) is 6.79. The molecule has 0 aliphatic rings. The van der Waals surface area contributed by atoms with Gasteiger partial charge in [-0.2, -0.15) is 5.26 Å². The highest BCUT2D eigenvalue weighted by atomic mass is 35.5. The normalized spacial score (nSPS) is 10.9. The highest BCUT2D eigenvalue weighted by molar-refractivity contribution is 6.32. The molecule has 0 aromatic heterocycles. The van der Waals surface area contributed by atoms with Crippen molar-refractivity contribution in [1.82, 2.24) is 0 Å². The van der Waals surface area contributed by atoms with E-state index in [1.54, 1.807) is 6.07 Å². The van der Waals surface area contributed by atoms with E-state index in [9.17, 15) is 5.26 Å². The van der Waals surface area contributed by atoms with Crippen LogP contribution in [0.3, 0.4) is 0 Å². The van der Waals surface area contributed by atoms with Crippen LogP contribution in [0.25, 0.3) is 11.6 Å². The van der Waals surface area contributed by atoms with Crippen LogP contribution in [0.1, 0.15) is 18.1 Å². The van der Waals surface area contributed by atoms with Gasteiger partial charge in [-0.25, -0.2) is 0 Å². The molecule has 0 radical (unpaired) electrons. The number of nitrogens with zero attached hydrogens (tertiary/aromatic N) is 1. The van der Waals surface area contributed by atoms with E-state index in [-0.39, 0.29) is 0 Å². The molecule has 2 aromatic rings. The van der Waals surface area contributed by atoms with E-state index >= 15 is 0 Å². The molecule has 0 aliphatic carbocycles. The third kappa shape index (κ3) is 3.40. The monoisotopic (exact) mass is 283 g/mol. The molecule has 0 amide bonds. The molecule has 100 valence electrons. The van der Waals surface area contributed by atoms with E-state index in [0.717, 1.165) is 11.1 Å². The molecule has 0 atom stereocenters. The van der Waals surface area contributed by atoms with Gasteiger partial charge in [0, 0.05) is 0 Å². The van der Waals surface area contributed by atoms with Crippen molar-refractivity contribution in [3.8, 4) is 11.8 Å². The summed E-state index contributed by atoms with van der Waals surface area (Å²) in [6.07, 6.45) is 1.82. The molecule has 0 saturated carbocycles. The van der Waals surface area contributed by atoms with Crippen molar-refractivity contribution >= 4 is 23.3 Å². The quantitative estimate of drug-likeness (QED) is 0.596. The lowest BCUT2D eigenvalue weighted by molar-refractivity contribution is 0.340. The number of hydrogen-bond acceptors (Lipinski definition) is 2. The number of ether oxygens (including phenoxy) is 1. The molecule has 0 aliphatic heterocycles. The van der Waals surface area contributed by atoms with Gasteiger partial charge in [0.25, 0.3) is 0 Å². The van der Waals surface area contributed by atoms with E-state index in [4.69, 9.17) is 16.3 Å². The van der Waals surface area contributed by atoms with Crippen LogP contribution >= 0.6 is 11.6 Å². The van der Waals surface area contributed by atoms with Gasteiger partial charge in [0.2, 0.25) is 0 Å². The molecule has 0 bridgehead atoms. The Bertz CT molecular complexity index is 656. The van der Waals surface area contributed by atoms with Crippen LogP contribution in [0.5, 0.6) is 5.75 Å². The highest BCUT2D eigenvalue weighted by Crippen LogP contribution is 2.27. The van der Waals surface area contributed by atoms with Gasteiger partial charge in [0.05, 0.1) is 23.3 Å². The lowest BCUT2D eigenvalue weighted by atomic mass is 10.0. The second-order valence-electron chi connectivity index (χ2n) is 4.16. The zero-order valence-electron chi connectivity index (χ0n) is 11.1. The molecule has 3 heteroatoms. The summed E-state index contributed by atoms with van der Waals surface area (Å²) in [5.74, 6) is 0.657. The van der Waals surface area contributed by atoms with Crippen molar-refractivity contribution < 1.29 is 4.74 Å². The van der Waals surface area contributed by atoms with Crippen LogP contribution in [0, 0.1) is 11.3 Å². The van der Waals surface area contributed by atoms with Gasteiger partial charge in [-0.15, -0.1) is 0 Å². The van der Waals surface area contributed by atoms with Gasteiger partial charge >= 0.3 is 0 Å². The number of hydrogen-bond donors (Lipinski definition) is 0. The average molecular weight is 284 g/mol. The van der Waals surface area contributed by atoms with E-state index < -0.39 is 0 Å².